The number of hydrogen-bond acceptors (Lipinski definition) is 7. The van der Waals surface area contributed by atoms with Gasteiger partial charge < -0.3 is 20.1 Å². The van der Waals surface area contributed by atoms with E-state index in [1.54, 1.807) is 32.0 Å². The van der Waals surface area contributed by atoms with Crippen molar-refractivity contribution in [1.82, 2.24) is 10.1 Å². The van der Waals surface area contributed by atoms with Gasteiger partial charge in [0.2, 0.25) is 17.7 Å². The first-order chi connectivity index (χ1) is 14.9. The number of thioether (sulfide) groups is 2. The second-order valence-corrected chi connectivity index (χ2v) is 9.73. The first-order valence-corrected chi connectivity index (χ1v) is 12.2. The van der Waals surface area contributed by atoms with E-state index in [0.717, 1.165) is 30.2 Å². The Morgan fingerprint density at radius 1 is 1.19 bits per heavy atom. The highest BCUT2D eigenvalue weighted by Crippen LogP contribution is 2.17. The van der Waals surface area contributed by atoms with E-state index in [9.17, 15) is 14.4 Å². The molecule has 1 fully saturated rings. The second kappa shape index (κ2) is 11.2. The number of nitrogens with zero attached hydrogens (tertiary/aromatic N) is 2. The molecule has 1 aliphatic heterocycles. The van der Waals surface area contributed by atoms with Crippen molar-refractivity contribution < 1.29 is 18.9 Å². The molecule has 0 saturated carbocycles. The standard InChI is InChI=1S/C21H26N4O4S2/c1-14-11-18(24-29-14)23-21(28)15(2)31-13-19(26)22-17-5-3-16(4-6-17)12-20(27)25-7-9-30-10-8-25/h3-6,11,15H,7-10,12-13H2,1-2H3,(H,22,26)(H,23,24,28). The Morgan fingerprint density at radius 3 is 2.55 bits per heavy atom. The summed E-state index contributed by atoms with van der Waals surface area (Å²) in [5, 5.41) is 8.76. The second-order valence-electron chi connectivity index (χ2n) is 7.18. The number of benzene rings is 1. The molecule has 31 heavy (non-hydrogen) atoms. The third kappa shape index (κ3) is 7.32. The third-order valence-electron chi connectivity index (χ3n) is 4.67. The quantitative estimate of drug-likeness (QED) is 0.622. The Kier molecular flexibility index (Phi) is 8.42. The smallest absolute Gasteiger partial charge is 0.238 e. The number of carbonyl (C=O) groups excluding carboxylic acids is 3. The predicted molar refractivity (Wildman–Crippen MR) is 124 cm³/mol. The molecule has 2 aromatic rings. The lowest BCUT2D eigenvalue weighted by Crippen LogP contribution is -2.38. The van der Waals surface area contributed by atoms with Gasteiger partial charge in [-0.1, -0.05) is 17.3 Å². The molecule has 0 aliphatic carbocycles. The number of carbonyl (C=O) groups is 3. The van der Waals surface area contributed by atoms with Crippen LogP contribution >= 0.6 is 23.5 Å². The molecular weight excluding hydrogens is 436 g/mol. The maximum atomic E-state index is 12.4. The fraction of sp³-hybridized carbons (Fsp3) is 0.429. The molecule has 1 atom stereocenters. The molecule has 2 N–H and O–H groups in total. The highest BCUT2D eigenvalue weighted by molar-refractivity contribution is 8.01. The summed E-state index contributed by atoms with van der Waals surface area (Å²) in [4.78, 5) is 38.6. The fourth-order valence-corrected chi connectivity index (χ4v) is 4.52. The van der Waals surface area contributed by atoms with E-state index >= 15 is 0 Å². The van der Waals surface area contributed by atoms with E-state index in [4.69, 9.17) is 4.52 Å². The van der Waals surface area contributed by atoms with Gasteiger partial charge in [-0.15, -0.1) is 11.8 Å². The van der Waals surface area contributed by atoms with Crippen molar-refractivity contribution in [2.24, 2.45) is 0 Å². The van der Waals surface area contributed by atoms with Gasteiger partial charge in [0.25, 0.3) is 0 Å². The van der Waals surface area contributed by atoms with Crippen molar-refractivity contribution in [3.8, 4) is 0 Å². The van der Waals surface area contributed by atoms with Gasteiger partial charge in [-0.3, -0.25) is 14.4 Å². The van der Waals surface area contributed by atoms with Crippen LogP contribution in [0.2, 0.25) is 0 Å². The van der Waals surface area contributed by atoms with Crippen molar-refractivity contribution in [1.29, 1.82) is 0 Å². The molecule has 3 amide bonds. The number of nitrogens with one attached hydrogen (secondary N) is 2. The monoisotopic (exact) mass is 462 g/mol. The predicted octanol–water partition coefficient (Wildman–Crippen LogP) is 2.80. The molecule has 2 heterocycles. The summed E-state index contributed by atoms with van der Waals surface area (Å²) in [6.45, 7) is 5.09. The molecule has 1 aromatic heterocycles. The average molecular weight is 463 g/mol. The minimum atomic E-state index is -0.427. The van der Waals surface area contributed by atoms with Crippen LogP contribution in [0.15, 0.2) is 34.9 Å². The summed E-state index contributed by atoms with van der Waals surface area (Å²) in [6.07, 6.45) is 0.367. The largest absolute Gasteiger partial charge is 0.360 e. The summed E-state index contributed by atoms with van der Waals surface area (Å²) in [5.74, 6) is 2.79. The van der Waals surface area contributed by atoms with Gasteiger partial charge in [0.15, 0.2) is 5.82 Å². The minimum absolute atomic E-state index is 0.139. The molecule has 8 nitrogen and oxygen atoms in total. The summed E-state index contributed by atoms with van der Waals surface area (Å²) < 4.78 is 4.91. The van der Waals surface area contributed by atoms with Gasteiger partial charge >= 0.3 is 0 Å². The van der Waals surface area contributed by atoms with Crippen LogP contribution in [0.5, 0.6) is 0 Å². The Hall–Kier alpha value is -2.46. The van der Waals surface area contributed by atoms with Gasteiger partial charge in [0.1, 0.15) is 5.76 Å². The molecule has 1 aromatic carbocycles. The normalized spacial score (nSPS) is 14.7. The summed E-state index contributed by atoms with van der Waals surface area (Å²) >= 11 is 3.10. The first-order valence-electron chi connectivity index (χ1n) is 10.0. The SMILES string of the molecule is Cc1cc(NC(=O)C(C)SCC(=O)Nc2ccc(CC(=O)N3CCSCC3)cc2)no1. The van der Waals surface area contributed by atoms with Gasteiger partial charge in [-0.25, -0.2) is 0 Å². The summed E-state index contributed by atoms with van der Waals surface area (Å²) in [7, 11) is 0. The molecular formula is C21H26N4O4S2. The number of amides is 3. The lowest BCUT2D eigenvalue weighted by Gasteiger charge is -2.26. The topological polar surface area (TPSA) is 105 Å². The molecule has 1 saturated heterocycles. The lowest BCUT2D eigenvalue weighted by atomic mass is 10.1. The van der Waals surface area contributed by atoms with Gasteiger partial charge in [0.05, 0.1) is 17.4 Å². The number of anilines is 2. The van der Waals surface area contributed by atoms with Crippen LogP contribution in [0.3, 0.4) is 0 Å². The zero-order valence-electron chi connectivity index (χ0n) is 17.6. The third-order valence-corrected chi connectivity index (χ3v) is 6.76. The van der Waals surface area contributed by atoms with E-state index in [1.165, 1.54) is 11.8 Å². The zero-order valence-corrected chi connectivity index (χ0v) is 19.2. The van der Waals surface area contributed by atoms with Gasteiger partial charge in [-0.05, 0) is 31.5 Å². The van der Waals surface area contributed by atoms with Crippen molar-refractivity contribution in [2.75, 3.05) is 41.0 Å². The number of aromatic nitrogens is 1. The van der Waals surface area contributed by atoms with E-state index in [2.05, 4.69) is 15.8 Å². The molecule has 1 unspecified atom stereocenters. The molecule has 3 rings (SSSR count). The van der Waals surface area contributed by atoms with Crippen LogP contribution in [0.4, 0.5) is 11.5 Å². The number of aryl methyl sites for hydroxylation is 1. The molecule has 0 spiro atoms. The van der Waals surface area contributed by atoms with Crippen molar-refractivity contribution in [2.45, 2.75) is 25.5 Å². The molecule has 166 valence electrons. The minimum Gasteiger partial charge on any atom is -0.360 e. The molecule has 0 bridgehead atoms. The fourth-order valence-electron chi connectivity index (χ4n) is 2.93. The number of rotatable bonds is 8. The first kappa shape index (κ1) is 23.2. The highest BCUT2D eigenvalue weighted by Gasteiger charge is 2.18. The zero-order chi connectivity index (χ0) is 22.2. The van der Waals surface area contributed by atoms with E-state index in [-0.39, 0.29) is 23.5 Å². The van der Waals surface area contributed by atoms with Gasteiger partial charge in [-0.2, -0.15) is 11.8 Å². The Bertz CT molecular complexity index is 910. The molecule has 1 aliphatic rings. The Labute approximate surface area is 189 Å². The van der Waals surface area contributed by atoms with E-state index in [0.29, 0.717) is 23.7 Å². The van der Waals surface area contributed by atoms with E-state index in [1.807, 2.05) is 28.8 Å². The van der Waals surface area contributed by atoms with Gasteiger partial charge in [0, 0.05) is 36.3 Å². The molecule has 10 heteroatoms. The van der Waals surface area contributed by atoms with Crippen molar-refractivity contribution >= 4 is 52.8 Å². The summed E-state index contributed by atoms with van der Waals surface area (Å²) in [5.41, 5.74) is 1.58. The van der Waals surface area contributed by atoms with Crippen LogP contribution in [-0.4, -0.2) is 63.4 Å². The van der Waals surface area contributed by atoms with Crippen molar-refractivity contribution in [3.63, 3.8) is 0 Å². The van der Waals surface area contributed by atoms with Crippen LogP contribution in [0, 0.1) is 6.92 Å². The Balaban J connectivity index is 1.40. The van der Waals surface area contributed by atoms with Crippen molar-refractivity contribution in [3.05, 3.63) is 41.7 Å². The summed E-state index contributed by atoms with van der Waals surface area (Å²) in [6, 6.07) is 8.93. The Morgan fingerprint density at radius 2 is 1.90 bits per heavy atom. The molecule has 0 radical (unpaired) electrons. The lowest BCUT2D eigenvalue weighted by molar-refractivity contribution is -0.130. The number of hydrogen-bond donors (Lipinski definition) is 2. The maximum absolute atomic E-state index is 12.4. The maximum Gasteiger partial charge on any atom is 0.238 e. The van der Waals surface area contributed by atoms with E-state index < -0.39 is 5.25 Å². The van der Waals surface area contributed by atoms with Crippen LogP contribution in [0.1, 0.15) is 18.2 Å². The van der Waals surface area contributed by atoms with Crippen LogP contribution in [0.25, 0.3) is 0 Å². The van der Waals surface area contributed by atoms with Crippen LogP contribution < -0.4 is 10.6 Å². The van der Waals surface area contributed by atoms with Crippen LogP contribution in [-0.2, 0) is 20.8 Å². The highest BCUT2D eigenvalue weighted by atomic mass is 32.2. The average Bonchev–Trinajstić information content (AvgIpc) is 3.18.